The third-order valence-corrected chi connectivity index (χ3v) is 10.9. The lowest BCUT2D eigenvalue weighted by atomic mass is 9.44. The maximum atomic E-state index is 15.0. The maximum Gasteiger partial charge on any atom is 0.238 e. The lowest BCUT2D eigenvalue weighted by molar-refractivity contribution is -0.135. The Bertz CT molecular complexity index is 2000. The molecule has 1 aliphatic heterocycles. The molecule has 4 aromatic rings. The molecule has 4 aromatic carbocycles. The molecule has 4 aliphatic rings. The van der Waals surface area contributed by atoms with E-state index in [4.69, 9.17) is 11.6 Å². The van der Waals surface area contributed by atoms with E-state index >= 15 is 0 Å². The molecular weight excluding hydrogens is 610 g/mol. The van der Waals surface area contributed by atoms with Crippen LogP contribution < -0.4 is 4.90 Å². The number of aromatic hydroxyl groups is 1. The standard InChI is InChI=1S/C40H30ClNO5/c41-26-13-15-27(16-14-26)42-38(46)30-20-19-29-32(35(30)39(42)47)21-33-37(45)31(23-7-3-1-4-8-23)22-34(44)40(33,25-9-5-2-6-10-25)36(29)24-11-17-28(43)18-12-24/h1-19,22,30,32-33,35-36,43H,20-21H2. The first kappa shape index (κ1) is 29.3. The van der Waals surface area contributed by atoms with Crippen molar-refractivity contribution in [3.63, 3.8) is 0 Å². The predicted octanol–water partition coefficient (Wildman–Crippen LogP) is 7.07. The SMILES string of the molecule is O=C1C(c2ccccc2)=CC(=O)C2(c3ccccc3)C1CC1C(=CCC3C(=O)N(c4ccc(Cl)cc4)C(=O)C31)C2c1ccc(O)cc1. The Hall–Kier alpha value is -5.07. The van der Waals surface area contributed by atoms with Crippen molar-refractivity contribution in [2.75, 3.05) is 4.90 Å². The fourth-order valence-corrected chi connectivity index (χ4v) is 8.89. The van der Waals surface area contributed by atoms with Gasteiger partial charge in [-0.05, 0) is 77.9 Å². The van der Waals surface area contributed by atoms with Crippen molar-refractivity contribution in [2.45, 2.75) is 24.2 Å². The highest BCUT2D eigenvalue weighted by Crippen LogP contribution is 2.63. The monoisotopic (exact) mass is 639 g/mol. The van der Waals surface area contributed by atoms with E-state index in [1.54, 1.807) is 48.5 Å². The second-order valence-electron chi connectivity index (χ2n) is 12.9. The number of imide groups is 1. The molecule has 7 heteroatoms. The van der Waals surface area contributed by atoms with Crippen LogP contribution in [0.4, 0.5) is 5.69 Å². The third kappa shape index (κ3) is 4.31. The molecule has 0 bridgehead atoms. The van der Waals surface area contributed by atoms with E-state index in [-0.39, 0.29) is 35.6 Å². The quantitative estimate of drug-likeness (QED) is 0.190. The molecule has 1 saturated carbocycles. The van der Waals surface area contributed by atoms with Gasteiger partial charge in [-0.1, -0.05) is 96.0 Å². The Labute approximate surface area is 277 Å². The van der Waals surface area contributed by atoms with Gasteiger partial charge in [0.1, 0.15) is 5.75 Å². The van der Waals surface area contributed by atoms with Gasteiger partial charge in [-0.25, -0.2) is 0 Å². The van der Waals surface area contributed by atoms with Crippen LogP contribution >= 0.6 is 11.6 Å². The topological polar surface area (TPSA) is 91.8 Å². The number of allylic oxidation sites excluding steroid dienone is 4. The number of ketones is 2. The molecule has 2 amide bonds. The highest BCUT2D eigenvalue weighted by atomic mass is 35.5. The van der Waals surface area contributed by atoms with Gasteiger partial charge in [0.05, 0.1) is 22.9 Å². The second kappa shape index (κ2) is 11.0. The number of fused-ring (bicyclic) bond motifs is 4. The summed E-state index contributed by atoms with van der Waals surface area (Å²) < 4.78 is 0. The number of rotatable bonds is 4. The molecule has 6 nitrogen and oxygen atoms in total. The summed E-state index contributed by atoms with van der Waals surface area (Å²) >= 11 is 6.12. The van der Waals surface area contributed by atoms with Crippen molar-refractivity contribution >= 4 is 46.2 Å². The minimum absolute atomic E-state index is 0.0802. The van der Waals surface area contributed by atoms with E-state index in [1.807, 2.05) is 66.7 Å². The molecule has 47 heavy (non-hydrogen) atoms. The van der Waals surface area contributed by atoms with Crippen LogP contribution in [0.3, 0.4) is 0 Å². The number of nitrogens with zero attached hydrogens (tertiary/aromatic N) is 1. The van der Waals surface area contributed by atoms with E-state index in [2.05, 4.69) is 0 Å². The van der Waals surface area contributed by atoms with Crippen molar-refractivity contribution in [1.29, 1.82) is 0 Å². The van der Waals surface area contributed by atoms with Crippen LogP contribution in [0.25, 0.3) is 5.57 Å². The zero-order chi connectivity index (χ0) is 32.4. The van der Waals surface area contributed by atoms with Crippen LogP contribution in [-0.4, -0.2) is 28.5 Å². The Balaban J connectivity index is 1.35. The molecule has 3 aliphatic carbocycles. The van der Waals surface area contributed by atoms with Gasteiger partial charge in [0, 0.05) is 22.4 Å². The van der Waals surface area contributed by atoms with Crippen molar-refractivity contribution in [3.8, 4) is 5.75 Å². The zero-order valence-corrected chi connectivity index (χ0v) is 26.0. The Kier molecular flexibility index (Phi) is 6.88. The summed E-state index contributed by atoms with van der Waals surface area (Å²) in [5, 5.41) is 10.8. The first-order chi connectivity index (χ1) is 22.8. The molecule has 1 N–H and O–H groups in total. The number of hydrogen-bond donors (Lipinski definition) is 1. The van der Waals surface area contributed by atoms with E-state index < -0.39 is 35.0 Å². The number of halogens is 1. The van der Waals surface area contributed by atoms with Gasteiger partial charge in [-0.3, -0.25) is 24.1 Å². The lowest BCUT2D eigenvalue weighted by Crippen LogP contribution is -2.58. The number of carbonyl (C=O) groups is 4. The molecule has 232 valence electrons. The number of phenolic OH excluding ortho intramolecular Hbond substituents is 1. The number of Topliss-reactive ketones (excluding diaryl/α,β-unsaturated/α-hetero) is 1. The van der Waals surface area contributed by atoms with Gasteiger partial charge in [0.15, 0.2) is 11.6 Å². The predicted molar refractivity (Wildman–Crippen MR) is 179 cm³/mol. The summed E-state index contributed by atoms with van der Waals surface area (Å²) in [6.45, 7) is 0. The summed E-state index contributed by atoms with van der Waals surface area (Å²) in [7, 11) is 0. The summed E-state index contributed by atoms with van der Waals surface area (Å²) in [4.78, 5) is 59.4. The highest BCUT2D eigenvalue weighted by molar-refractivity contribution is 6.32. The summed E-state index contributed by atoms with van der Waals surface area (Å²) in [5.74, 6) is -4.00. The van der Waals surface area contributed by atoms with Gasteiger partial charge < -0.3 is 5.11 Å². The van der Waals surface area contributed by atoms with E-state index in [9.17, 15) is 24.3 Å². The number of phenols is 1. The molecule has 1 heterocycles. The molecule has 0 radical (unpaired) electrons. The van der Waals surface area contributed by atoms with Crippen molar-refractivity contribution in [3.05, 3.63) is 149 Å². The van der Waals surface area contributed by atoms with Crippen LogP contribution in [0.15, 0.2) is 127 Å². The lowest BCUT2D eigenvalue weighted by Gasteiger charge is -2.55. The number of hydrogen-bond acceptors (Lipinski definition) is 5. The maximum absolute atomic E-state index is 15.0. The summed E-state index contributed by atoms with van der Waals surface area (Å²) in [6.07, 6.45) is 4.11. The third-order valence-electron chi connectivity index (χ3n) is 10.7. The van der Waals surface area contributed by atoms with E-state index in [0.717, 1.165) is 16.7 Å². The van der Waals surface area contributed by atoms with Crippen molar-refractivity contribution in [1.82, 2.24) is 0 Å². The average Bonchev–Trinajstić information content (AvgIpc) is 3.36. The van der Waals surface area contributed by atoms with Crippen LogP contribution in [-0.2, 0) is 24.6 Å². The largest absolute Gasteiger partial charge is 0.508 e. The van der Waals surface area contributed by atoms with E-state index in [1.165, 1.54) is 11.0 Å². The fraction of sp³-hybridized carbons (Fsp3) is 0.200. The Morgan fingerprint density at radius 2 is 1.40 bits per heavy atom. The van der Waals surface area contributed by atoms with E-state index in [0.29, 0.717) is 28.3 Å². The molecule has 2 fully saturated rings. The zero-order valence-electron chi connectivity index (χ0n) is 25.3. The van der Waals surface area contributed by atoms with Gasteiger partial charge in [-0.2, -0.15) is 0 Å². The van der Waals surface area contributed by atoms with Crippen LogP contribution in [0.5, 0.6) is 5.75 Å². The first-order valence-electron chi connectivity index (χ1n) is 15.8. The molecule has 8 rings (SSSR count). The van der Waals surface area contributed by atoms with Crippen molar-refractivity contribution in [2.24, 2.45) is 23.7 Å². The number of carbonyl (C=O) groups excluding carboxylic acids is 4. The highest BCUT2D eigenvalue weighted by Gasteiger charge is 2.66. The van der Waals surface area contributed by atoms with Crippen LogP contribution in [0.2, 0.25) is 5.02 Å². The van der Waals surface area contributed by atoms with Crippen LogP contribution in [0.1, 0.15) is 35.4 Å². The molecule has 1 saturated heterocycles. The second-order valence-corrected chi connectivity index (χ2v) is 13.3. The summed E-state index contributed by atoms with van der Waals surface area (Å²) in [5.41, 5.74) is 2.55. The molecule has 0 spiro atoms. The molecule has 6 atom stereocenters. The number of anilines is 1. The molecular formula is C40H30ClNO5. The van der Waals surface area contributed by atoms with Gasteiger partial charge in [-0.15, -0.1) is 0 Å². The van der Waals surface area contributed by atoms with Gasteiger partial charge in [0.2, 0.25) is 11.8 Å². The number of benzene rings is 4. The smallest absolute Gasteiger partial charge is 0.238 e. The average molecular weight is 640 g/mol. The fourth-order valence-electron chi connectivity index (χ4n) is 8.76. The van der Waals surface area contributed by atoms with Gasteiger partial charge >= 0.3 is 0 Å². The Morgan fingerprint density at radius 3 is 2.09 bits per heavy atom. The molecule has 6 unspecified atom stereocenters. The normalized spacial score (nSPS) is 28.3. The summed E-state index contributed by atoms with van der Waals surface area (Å²) in [6, 6.07) is 32.1. The minimum atomic E-state index is -1.30. The number of amides is 2. The minimum Gasteiger partial charge on any atom is -0.508 e. The Morgan fingerprint density at radius 1 is 0.745 bits per heavy atom. The van der Waals surface area contributed by atoms with Crippen molar-refractivity contribution < 1.29 is 24.3 Å². The van der Waals surface area contributed by atoms with Crippen LogP contribution in [0, 0.1) is 23.7 Å². The molecule has 0 aromatic heterocycles. The van der Waals surface area contributed by atoms with Gasteiger partial charge in [0.25, 0.3) is 0 Å². The first-order valence-corrected chi connectivity index (χ1v) is 16.2.